The van der Waals surface area contributed by atoms with Crippen LogP contribution in [-0.2, 0) is 4.74 Å². The van der Waals surface area contributed by atoms with Crippen molar-refractivity contribution in [1.29, 1.82) is 0 Å². The molecule has 1 amide bonds. The lowest BCUT2D eigenvalue weighted by atomic mass is 9.70. The highest BCUT2D eigenvalue weighted by Gasteiger charge is 2.56. The molecule has 2 saturated heterocycles. The highest BCUT2D eigenvalue weighted by molar-refractivity contribution is 5.95. The minimum Gasteiger partial charge on any atom is -0.496 e. The zero-order valence-electron chi connectivity index (χ0n) is 14.5. The van der Waals surface area contributed by atoms with Crippen LogP contribution in [0.5, 0.6) is 5.75 Å². The zero-order chi connectivity index (χ0) is 16.7. The minimum absolute atomic E-state index is 0.0142. The van der Waals surface area contributed by atoms with Crippen LogP contribution in [0.4, 0.5) is 0 Å². The number of nitrogens with one attached hydrogen (secondary N) is 1. The molecule has 5 nitrogen and oxygen atoms in total. The molecule has 24 heavy (non-hydrogen) atoms. The SMILES string of the molecule is COc1ccc(C(=O)NC2C3CCOC3C2N2CCCC2)cc1C. The van der Waals surface area contributed by atoms with Crippen molar-refractivity contribution in [1.82, 2.24) is 10.2 Å². The first-order valence-corrected chi connectivity index (χ1v) is 9.00. The van der Waals surface area contributed by atoms with Crippen molar-refractivity contribution >= 4 is 5.91 Å². The van der Waals surface area contributed by atoms with Gasteiger partial charge in [0, 0.05) is 18.1 Å². The Balaban J connectivity index is 1.48. The monoisotopic (exact) mass is 330 g/mol. The van der Waals surface area contributed by atoms with E-state index in [0.29, 0.717) is 23.6 Å². The van der Waals surface area contributed by atoms with Gasteiger partial charge in [0.15, 0.2) is 0 Å². The van der Waals surface area contributed by atoms with Crippen LogP contribution in [0.15, 0.2) is 18.2 Å². The summed E-state index contributed by atoms with van der Waals surface area (Å²) in [5.74, 6) is 1.30. The molecule has 3 fully saturated rings. The number of nitrogens with zero attached hydrogens (tertiary/aromatic N) is 1. The number of carbonyl (C=O) groups excluding carboxylic acids is 1. The van der Waals surface area contributed by atoms with Gasteiger partial charge in [-0.05, 0) is 63.0 Å². The Labute approximate surface area is 143 Å². The molecule has 0 bridgehead atoms. The number of likely N-dealkylation sites (tertiary alicyclic amines) is 1. The third-order valence-corrected chi connectivity index (χ3v) is 5.87. The fraction of sp³-hybridized carbons (Fsp3) is 0.632. The normalized spacial score (nSPS) is 32.2. The Hall–Kier alpha value is -1.59. The Morgan fingerprint density at radius 2 is 2.12 bits per heavy atom. The molecular formula is C19H26N2O3. The molecular weight excluding hydrogens is 304 g/mol. The maximum absolute atomic E-state index is 12.7. The molecule has 1 saturated carbocycles. The zero-order valence-corrected chi connectivity index (χ0v) is 14.5. The predicted molar refractivity (Wildman–Crippen MR) is 91.4 cm³/mol. The van der Waals surface area contributed by atoms with Crippen LogP contribution in [0.3, 0.4) is 0 Å². The summed E-state index contributed by atoms with van der Waals surface area (Å²) in [4.78, 5) is 15.2. The van der Waals surface area contributed by atoms with Crippen molar-refractivity contribution in [3.63, 3.8) is 0 Å². The minimum atomic E-state index is 0.0142. The van der Waals surface area contributed by atoms with Gasteiger partial charge in [-0.1, -0.05) is 0 Å². The lowest BCUT2D eigenvalue weighted by Gasteiger charge is -2.51. The van der Waals surface area contributed by atoms with Crippen molar-refractivity contribution < 1.29 is 14.3 Å². The van der Waals surface area contributed by atoms with E-state index in [9.17, 15) is 4.79 Å². The highest BCUT2D eigenvalue weighted by Crippen LogP contribution is 2.43. The Kier molecular flexibility index (Phi) is 4.22. The number of methoxy groups -OCH3 is 1. The quantitative estimate of drug-likeness (QED) is 0.917. The number of rotatable bonds is 4. The van der Waals surface area contributed by atoms with Crippen molar-refractivity contribution in [3.8, 4) is 5.75 Å². The topological polar surface area (TPSA) is 50.8 Å². The molecule has 0 aromatic heterocycles. The molecule has 4 atom stereocenters. The third-order valence-electron chi connectivity index (χ3n) is 5.87. The maximum Gasteiger partial charge on any atom is 0.251 e. The van der Waals surface area contributed by atoms with Gasteiger partial charge in [0.05, 0.1) is 25.3 Å². The van der Waals surface area contributed by atoms with Gasteiger partial charge in [-0.25, -0.2) is 0 Å². The number of ether oxygens (including phenoxy) is 2. The number of carbonyl (C=O) groups is 1. The van der Waals surface area contributed by atoms with Crippen molar-refractivity contribution in [2.75, 3.05) is 26.8 Å². The molecule has 2 aliphatic heterocycles. The van der Waals surface area contributed by atoms with Crippen LogP contribution in [0.2, 0.25) is 0 Å². The Morgan fingerprint density at radius 3 is 2.83 bits per heavy atom. The van der Waals surface area contributed by atoms with Crippen LogP contribution in [0.1, 0.15) is 35.2 Å². The van der Waals surface area contributed by atoms with Gasteiger partial charge in [0.2, 0.25) is 0 Å². The average molecular weight is 330 g/mol. The summed E-state index contributed by atoms with van der Waals surface area (Å²) in [7, 11) is 1.65. The first kappa shape index (κ1) is 15.9. The largest absolute Gasteiger partial charge is 0.496 e. The molecule has 3 aliphatic rings. The van der Waals surface area contributed by atoms with Gasteiger partial charge >= 0.3 is 0 Å². The van der Waals surface area contributed by atoms with E-state index in [1.807, 2.05) is 25.1 Å². The molecule has 1 aliphatic carbocycles. The summed E-state index contributed by atoms with van der Waals surface area (Å²) < 4.78 is 11.2. The molecule has 4 rings (SSSR count). The van der Waals surface area contributed by atoms with Gasteiger partial charge in [0.1, 0.15) is 5.75 Å². The van der Waals surface area contributed by atoms with Gasteiger partial charge in [-0.15, -0.1) is 0 Å². The predicted octanol–water partition coefficient (Wildman–Crippen LogP) is 1.99. The second kappa shape index (κ2) is 6.37. The number of hydrogen-bond donors (Lipinski definition) is 1. The van der Waals surface area contributed by atoms with Crippen LogP contribution in [-0.4, -0.2) is 55.8 Å². The maximum atomic E-state index is 12.7. The van der Waals surface area contributed by atoms with E-state index in [4.69, 9.17) is 9.47 Å². The first-order chi connectivity index (χ1) is 11.7. The van der Waals surface area contributed by atoms with Crippen LogP contribution in [0, 0.1) is 12.8 Å². The number of hydrogen-bond acceptors (Lipinski definition) is 4. The van der Waals surface area contributed by atoms with E-state index in [2.05, 4.69) is 10.2 Å². The molecule has 2 heterocycles. The second-order valence-electron chi connectivity index (χ2n) is 7.21. The summed E-state index contributed by atoms with van der Waals surface area (Å²) in [6.07, 6.45) is 3.88. The summed E-state index contributed by atoms with van der Waals surface area (Å²) in [5, 5.41) is 3.29. The molecule has 0 spiro atoms. The van der Waals surface area contributed by atoms with E-state index in [1.54, 1.807) is 7.11 Å². The lowest BCUT2D eigenvalue weighted by molar-refractivity contribution is -0.0747. The molecule has 4 unspecified atom stereocenters. The number of fused-ring (bicyclic) bond motifs is 1. The number of benzene rings is 1. The summed E-state index contributed by atoms with van der Waals surface area (Å²) in [6.45, 7) is 5.05. The average Bonchev–Trinajstić information content (AvgIpc) is 3.23. The molecule has 1 N–H and O–H groups in total. The first-order valence-electron chi connectivity index (χ1n) is 9.00. The lowest BCUT2D eigenvalue weighted by Crippen LogP contribution is -2.70. The standard InChI is InChI=1S/C19H26N2O3/c1-12-11-13(5-6-15(12)23-2)19(22)20-16-14-7-10-24-18(14)17(16)21-8-3-4-9-21/h5-6,11,14,16-18H,3-4,7-10H2,1-2H3,(H,20,22). The fourth-order valence-corrected chi connectivity index (χ4v) is 4.60. The van der Waals surface area contributed by atoms with Crippen LogP contribution < -0.4 is 10.1 Å². The summed E-state index contributed by atoms with van der Waals surface area (Å²) in [6, 6.07) is 6.17. The Bertz CT molecular complexity index is 622. The molecule has 130 valence electrons. The Morgan fingerprint density at radius 1 is 1.33 bits per heavy atom. The van der Waals surface area contributed by atoms with Crippen molar-refractivity contribution in [2.45, 2.75) is 44.4 Å². The van der Waals surface area contributed by atoms with Crippen LogP contribution in [0.25, 0.3) is 0 Å². The summed E-state index contributed by atoms with van der Waals surface area (Å²) >= 11 is 0. The van der Waals surface area contributed by atoms with Gasteiger partial charge in [-0.3, -0.25) is 9.69 Å². The molecule has 1 aromatic rings. The van der Waals surface area contributed by atoms with Gasteiger partial charge in [-0.2, -0.15) is 0 Å². The molecule has 5 heteroatoms. The van der Waals surface area contributed by atoms with E-state index < -0.39 is 0 Å². The smallest absolute Gasteiger partial charge is 0.251 e. The van der Waals surface area contributed by atoms with E-state index in [0.717, 1.165) is 37.4 Å². The van der Waals surface area contributed by atoms with E-state index >= 15 is 0 Å². The van der Waals surface area contributed by atoms with Gasteiger partial charge in [0.25, 0.3) is 5.91 Å². The summed E-state index contributed by atoms with van der Waals surface area (Å²) in [5.41, 5.74) is 1.69. The van der Waals surface area contributed by atoms with Crippen molar-refractivity contribution in [2.24, 2.45) is 5.92 Å². The molecule has 0 radical (unpaired) electrons. The third kappa shape index (κ3) is 2.60. The number of aryl methyl sites for hydroxylation is 1. The fourth-order valence-electron chi connectivity index (χ4n) is 4.60. The number of amides is 1. The van der Waals surface area contributed by atoms with Crippen molar-refractivity contribution in [3.05, 3.63) is 29.3 Å². The van der Waals surface area contributed by atoms with Crippen LogP contribution >= 0.6 is 0 Å². The van der Waals surface area contributed by atoms with Gasteiger partial charge < -0.3 is 14.8 Å². The van der Waals surface area contributed by atoms with E-state index in [-0.39, 0.29) is 11.9 Å². The van der Waals surface area contributed by atoms with E-state index in [1.165, 1.54) is 12.8 Å². The highest BCUT2D eigenvalue weighted by atomic mass is 16.5. The second-order valence-corrected chi connectivity index (χ2v) is 7.21. The molecule has 1 aromatic carbocycles.